The lowest BCUT2D eigenvalue weighted by Gasteiger charge is -2.31. The van der Waals surface area contributed by atoms with E-state index < -0.39 is 0 Å². The average Bonchev–Trinajstić information content (AvgIpc) is 2.47. The van der Waals surface area contributed by atoms with Gasteiger partial charge >= 0.3 is 0 Å². The molecule has 21 heavy (non-hydrogen) atoms. The number of rotatable bonds is 6. The summed E-state index contributed by atoms with van der Waals surface area (Å²) in [7, 11) is 0. The summed E-state index contributed by atoms with van der Waals surface area (Å²) in [5, 5.41) is 3.39. The number of nitrogens with two attached hydrogens (primary N) is 1. The number of piperidine rings is 1. The molecule has 5 heteroatoms. The van der Waals surface area contributed by atoms with Gasteiger partial charge in [-0.3, -0.25) is 4.79 Å². The Hall–Kier alpha value is -1.62. The zero-order chi connectivity index (χ0) is 15.2. The number of primary amides is 1. The van der Waals surface area contributed by atoms with Crippen LogP contribution in [0.3, 0.4) is 0 Å². The number of carbonyl (C=O) groups excluding carboxylic acids is 1. The Morgan fingerprint density at radius 3 is 2.81 bits per heavy atom. The molecule has 1 aromatic rings. The van der Waals surface area contributed by atoms with Crippen molar-refractivity contribution >= 4 is 11.7 Å². The zero-order valence-corrected chi connectivity index (χ0v) is 13.1. The van der Waals surface area contributed by atoms with Crippen LogP contribution in [0.1, 0.15) is 42.1 Å². The van der Waals surface area contributed by atoms with E-state index in [1.54, 1.807) is 6.20 Å². The lowest BCUT2D eigenvalue weighted by atomic mass is 9.97. The fraction of sp³-hybridized carbons (Fsp3) is 0.625. The van der Waals surface area contributed by atoms with Gasteiger partial charge < -0.3 is 16.0 Å². The highest BCUT2D eigenvalue weighted by molar-refractivity contribution is 5.99. The Morgan fingerprint density at radius 2 is 2.19 bits per heavy atom. The summed E-state index contributed by atoms with van der Waals surface area (Å²) < 4.78 is 0. The Kier molecular flexibility index (Phi) is 5.56. The maximum absolute atomic E-state index is 11.8. The van der Waals surface area contributed by atoms with E-state index in [-0.39, 0.29) is 5.91 Å². The maximum atomic E-state index is 11.8. The van der Waals surface area contributed by atoms with Crippen molar-refractivity contribution in [1.82, 2.24) is 10.3 Å². The van der Waals surface area contributed by atoms with Gasteiger partial charge in [0.2, 0.25) is 0 Å². The molecule has 0 radical (unpaired) electrons. The molecule has 5 nitrogen and oxygen atoms in total. The predicted molar refractivity (Wildman–Crippen MR) is 85.6 cm³/mol. The third-order valence-corrected chi connectivity index (χ3v) is 4.12. The molecule has 1 amide bonds. The highest BCUT2D eigenvalue weighted by Crippen LogP contribution is 2.24. The fourth-order valence-electron chi connectivity index (χ4n) is 3.02. The number of aromatic nitrogens is 1. The summed E-state index contributed by atoms with van der Waals surface area (Å²) >= 11 is 0. The van der Waals surface area contributed by atoms with Gasteiger partial charge in [-0.25, -0.2) is 4.98 Å². The minimum Gasteiger partial charge on any atom is -0.365 e. The van der Waals surface area contributed by atoms with E-state index in [1.165, 1.54) is 12.8 Å². The third-order valence-electron chi connectivity index (χ3n) is 4.12. The molecule has 0 aliphatic carbocycles. The second-order valence-electron chi connectivity index (χ2n) is 5.83. The van der Waals surface area contributed by atoms with E-state index in [0.717, 1.165) is 44.0 Å². The number of amides is 1. The average molecular weight is 290 g/mol. The molecule has 0 unspecified atom stereocenters. The Balaban J connectivity index is 2.24. The Bertz CT molecular complexity index is 483. The molecule has 0 aromatic carbocycles. The molecule has 0 spiro atoms. The van der Waals surface area contributed by atoms with Crippen molar-refractivity contribution < 1.29 is 4.79 Å². The van der Waals surface area contributed by atoms with E-state index >= 15 is 0 Å². The van der Waals surface area contributed by atoms with Crippen molar-refractivity contribution in [3.8, 4) is 0 Å². The Morgan fingerprint density at radius 1 is 1.48 bits per heavy atom. The van der Waals surface area contributed by atoms with Gasteiger partial charge in [0.1, 0.15) is 5.82 Å². The second-order valence-corrected chi connectivity index (χ2v) is 5.83. The van der Waals surface area contributed by atoms with Gasteiger partial charge in [0, 0.05) is 19.3 Å². The topological polar surface area (TPSA) is 71.2 Å². The number of aryl methyl sites for hydroxylation is 1. The van der Waals surface area contributed by atoms with E-state index in [0.29, 0.717) is 11.5 Å². The van der Waals surface area contributed by atoms with Crippen LogP contribution in [-0.4, -0.2) is 37.1 Å². The first-order chi connectivity index (χ1) is 10.1. The number of pyridine rings is 1. The SMILES string of the molecule is CCCN(CC1CCNCC1)c1nccc(C)c1C(N)=O. The summed E-state index contributed by atoms with van der Waals surface area (Å²) in [6, 6.07) is 1.85. The molecule has 1 aliphatic heterocycles. The van der Waals surface area contributed by atoms with Crippen molar-refractivity contribution in [3.63, 3.8) is 0 Å². The van der Waals surface area contributed by atoms with Gasteiger partial charge in [0.15, 0.2) is 0 Å². The van der Waals surface area contributed by atoms with Crippen LogP contribution in [0.15, 0.2) is 12.3 Å². The molecule has 0 bridgehead atoms. The zero-order valence-electron chi connectivity index (χ0n) is 13.1. The monoisotopic (exact) mass is 290 g/mol. The van der Waals surface area contributed by atoms with Crippen LogP contribution in [-0.2, 0) is 0 Å². The van der Waals surface area contributed by atoms with Crippen LogP contribution in [0.5, 0.6) is 0 Å². The van der Waals surface area contributed by atoms with Gasteiger partial charge in [-0.15, -0.1) is 0 Å². The van der Waals surface area contributed by atoms with Gasteiger partial charge in [-0.2, -0.15) is 0 Å². The molecule has 2 rings (SSSR count). The van der Waals surface area contributed by atoms with Gasteiger partial charge in [-0.05, 0) is 56.8 Å². The normalized spacial score (nSPS) is 15.9. The molecule has 1 aliphatic rings. The molecule has 0 saturated carbocycles. The molecule has 0 atom stereocenters. The maximum Gasteiger partial charge on any atom is 0.252 e. The van der Waals surface area contributed by atoms with Gasteiger partial charge in [0.05, 0.1) is 5.56 Å². The number of nitrogens with zero attached hydrogens (tertiary/aromatic N) is 2. The van der Waals surface area contributed by atoms with Crippen LogP contribution in [0.4, 0.5) is 5.82 Å². The van der Waals surface area contributed by atoms with Crippen LogP contribution in [0, 0.1) is 12.8 Å². The van der Waals surface area contributed by atoms with E-state index in [2.05, 4.69) is 22.1 Å². The highest BCUT2D eigenvalue weighted by Gasteiger charge is 2.22. The van der Waals surface area contributed by atoms with Crippen LogP contribution < -0.4 is 16.0 Å². The Labute approximate surface area is 126 Å². The highest BCUT2D eigenvalue weighted by atomic mass is 16.1. The summed E-state index contributed by atoms with van der Waals surface area (Å²) in [5.41, 5.74) is 7.04. The third kappa shape index (κ3) is 3.94. The first-order valence-electron chi connectivity index (χ1n) is 7.84. The summed E-state index contributed by atoms with van der Waals surface area (Å²) in [6.07, 6.45) is 5.15. The summed E-state index contributed by atoms with van der Waals surface area (Å²) in [4.78, 5) is 18.5. The van der Waals surface area contributed by atoms with Crippen molar-refractivity contribution in [2.45, 2.75) is 33.1 Å². The van der Waals surface area contributed by atoms with Crippen molar-refractivity contribution in [1.29, 1.82) is 0 Å². The fourth-order valence-corrected chi connectivity index (χ4v) is 3.02. The summed E-state index contributed by atoms with van der Waals surface area (Å²) in [6.45, 7) is 8.07. The molecule has 2 heterocycles. The second kappa shape index (κ2) is 7.41. The van der Waals surface area contributed by atoms with Crippen LogP contribution >= 0.6 is 0 Å². The molecular formula is C16H26N4O. The smallest absolute Gasteiger partial charge is 0.252 e. The molecule has 1 fully saturated rings. The number of hydrogen-bond acceptors (Lipinski definition) is 4. The molecular weight excluding hydrogens is 264 g/mol. The van der Waals surface area contributed by atoms with E-state index in [1.807, 2.05) is 13.0 Å². The first kappa shape index (κ1) is 15.8. The molecule has 3 N–H and O–H groups in total. The van der Waals surface area contributed by atoms with Crippen molar-refractivity contribution in [2.75, 3.05) is 31.1 Å². The number of nitrogens with one attached hydrogen (secondary N) is 1. The quantitative estimate of drug-likeness (QED) is 0.836. The van der Waals surface area contributed by atoms with E-state index in [9.17, 15) is 4.79 Å². The predicted octanol–water partition coefficient (Wildman–Crippen LogP) is 1.70. The van der Waals surface area contributed by atoms with Crippen molar-refractivity contribution in [3.05, 3.63) is 23.4 Å². The van der Waals surface area contributed by atoms with Crippen molar-refractivity contribution in [2.24, 2.45) is 11.7 Å². The van der Waals surface area contributed by atoms with E-state index in [4.69, 9.17) is 5.73 Å². The summed E-state index contributed by atoms with van der Waals surface area (Å²) in [5.74, 6) is 1.02. The number of hydrogen-bond donors (Lipinski definition) is 2. The standard InChI is InChI=1S/C16H26N4O/c1-3-10-20(11-13-5-7-18-8-6-13)16-14(15(17)21)12(2)4-9-19-16/h4,9,13,18H,3,5-8,10-11H2,1-2H3,(H2,17,21). The van der Waals surface area contributed by atoms with Gasteiger partial charge in [0.25, 0.3) is 5.91 Å². The molecule has 116 valence electrons. The van der Waals surface area contributed by atoms with Crippen LogP contribution in [0.2, 0.25) is 0 Å². The number of anilines is 1. The first-order valence-corrected chi connectivity index (χ1v) is 7.84. The lowest BCUT2D eigenvalue weighted by molar-refractivity contribution is 0.1000. The number of carbonyl (C=O) groups is 1. The largest absolute Gasteiger partial charge is 0.365 e. The molecule has 1 aromatic heterocycles. The van der Waals surface area contributed by atoms with Gasteiger partial charge in [-0.1, -0.05) is 6.92 Å². The molecule has 1 saturated heterocycles. The minimum atomic E-state index is -0.387. The minimum absolute atomic E-state index is 0.387. The van der Waals surface area contributed by atoms with Crippen LogP contribution in [0.25, 0.3) is 0 Å². The lowest BCUT2D eigenvalue weighted by Crippen LogP contribution is -2.38.